The van der Waals surface area contributed by atoms with E-state index in [1.165, 1.54) is 0 Å². The predicted molar refractivity (Wildman–Crippen MR) is 75.7 cm³/mol. The second-order valence-corrected chi connectivity index (χ2v) is 5.11. The van der Waals surface area contributed by atoms with Crippen LogP contribution in [0.4, 0.5) is 5.69 Å². The number of aliphatic carboxylic acids is 1. The molecule has 4 nitrogen and oxygen atoms in total. The molecule has 0 saturated heterocycles. The summed E-state index contributed by atoms with van der Waals surface area (Å²) < 4.78 is 2.07. The predicted octanol–water partition coefficient (Wildman–Crippen LogP) is 2.99. The third-order valence-electron chi connectivity index (χ3n) is 2.99. The first kappa shape index (κ1) is 13.5. The molecule has 1 aromatic heterocycles. The van der Waals surface area contributed by atoms with Gasteiger partial charge in [-0.2, -0.15) is 0 Å². The number of carbonyl (C=O) groups is 1. The zero-order valence-electron chi connectivity index (χ0n) is 10.9. The number of benzene rings is 1. The van der Waals surface area contributed by atoms with E-state index in [-0.39, 0.29) is 0 Å². The number of aromatic nitrogens is 1. The molecule has 5 heteroatoms. The molecule has 1 heterocycles. The van der Waals surface area contributed by atoms with Crippen molar-refractivity contribution in [3.8, 4) is 0 Å². The number of thiazole rings is 1. The fourth-order valence-electron chi connectivity index (χ4n) is 1.72. The summed E-state index contributed by atoms with van der Waals surface area (Å²) in [6.07, 6.45) is 2.00. The van der Waals surface area contributed by atoms with Gasteiger partial charge in [-0.05, 0) is 31.5 Å². The molecule has 19 heavy (non-hydrogen) atoms. The monoisotopic (exact) mass is 276 g/mol. The Morgan fingerprint density at radius 2 is 2.11 bits per heavy atom. The van der Waals surface area contributed by atoms with Crippen molar-refractivity contribution >= 4 is 23.0 Å². The molecule has 0 spiro atoms. The summed E-state index contributed by atoms with van der Waals surface area (Å²) in [5, 5.41) is 11.0. The summed E-state index contributed by atoms with van der Waals surface area (Å²) in [5.74, 6) is -1.30. The van der Waals surface area contributed by atoms with Crippen LogP contribution in [-0.4, -0.2) is 15.6 Å². The minimum atomic E-state index is -0.813. The fourth-order valence-corrected chi connectivity index (χ4v) is 2.53. The molecule has 0 aliphatic heterocycles. The number of carboxylic acid groups (broad SMARTS) is 1. The van der Waals surface area contributed by atoms with Gasteiger partial charge in [-0.1, -0.05) is 12.1 Å². The highest BCUT2D eigenvalue weighted by molar-refractivity contribution is 7.07. The lowest BCUT2D eigenvalue weighted by Gasteiger charge is -2.06. The van der Waals surface area contributed by atoms with Crippen LogP contribution < -0.4 is 4.80 Å². The Kier molecular flexibility index (Phi) is 4.16. The van der Waals surface area contributed by atoms with Gasteiger partial charge in [0, 0.05) is 18.1 Å². The molecule has 2 aromatic rings. The second-order valence-electron chi connectivity index (χ2n) is 4.23. The highest BCUT2D eigenvalue weighted by Gasteiger charge is 2.12. The van der Waals surface area contributed by atoms with Crippen molar-refractivity contribution in [1.29, 1.82) is 0 Å². The average molecular weight is 276 g/mol. The van der Waals surface area contributed by atoms with Gasteiger partial charge in [-0.15, -0.1) is 11.3 Å². The Morgan fingerprint density at radius 3 is 2.68 bits per heavy atom. The van der Waals surface area contributed by atoms with E-state index in [4.69, 9.17) is 5.11 Å². The highest BCUT2D eigenvalue weighted by Crippen LogP contribution is 2.19. The summed E-state index contributed by atoms with van der Waals surface area (Å²) in [5.41, 5.74) is 1.63. The van der Waals surface area contributed by atoms with E-state index >= 15 is 0 Å². The summed E-state index contributed by atoms with van der Waals surface area (Å²) >= 11 is 1.59. The maximum absolute atomic E-state index is 10.9. The third kappa shape index (κ3) is 3.12. The van der Waals surface area contributed by atoms with Gasteiger partial charge in [0.25, 0.3) is 0 Å². The van der Waals surface area contributed by atoms with Crippen molar-refractivity contribution < 1.29 is 9.90 Å². The van der Waals surface area contributed by atoms with Crippen LogP contribution in [0, 0.1) is 0 Å². The molecule has 1 aromatic carbocycles. The SMILES string of the molecule is CCn1ccs/c1=N\c1ccc(C(C)C(=O)O)cc1. The zero-order valence-corrected chi connectivity index (χ0v) is 11.7. The fraction of sp³-hybridized carbons (Fsp3) is 0.286. The zero-order chi connectivity index (χ0) is 13.8. The van der Waals surface area contributed by atoms with Gasteiger partial charge in [0.1, 0.15) is 0 Å². The van der Waals surface area contributed by atoms with E-state index < -0.39 is 11.9 Å². The molecule has 2 rings (SSSR count). The van der Waals surface area contributed by atoms with Crippen LogP contribution in [0.5, 0.6) is 0 Å². The maximum atomic E-state index is 10.9. The molecular formula is C14H16N2O2S. The van der Waals surface area contributed by atoms with Gasteiger partial charge in [0.2, 0.25) is 0 Å². The third-order valence-corrected chi connectivity index (χ3v) is 3.78. The average Bonchev–Trinajstić information content (AvgIpc) is 2.86. The van der Waals surface area contributed by atoms with Crippen LogP contribution >= 0.6 is 11.3 Å². The van der Waals surface area contributed by atoms with Gasteiger partial charge in [0.05, 0.1) is 11.6 Å². The van der Waals surface area contributed by atoms with Gasteiger partial charge in [-0.3, -0.25) is 4.79 Å². The lowest BCUT2D eigenvalue weighted by atomic mass is 10.0. The van der Waals surface area contributed by atoms with Crippen molar-refractivity contribution in [1.82, 2.24) is 4.57 Å². The van der Waals surface area contributed by atoms with Crippen LogP contribution in [0.25, 0.3) is 0 Å². The quantitative estimate of drug-likeness (QED) is 0.933. The molecule has 0 radical (unpaired) electrons. The van der Waals surface area contributed by atoms with E-state index in [9.17, 15) is 4.79 Å². The minimum absolute atomic E-state index is 0.489. The molecule has 1 atom stereocenters. The Balaban J connectivity index is 2.29. The lowest BCUT2D eigenvalue weighted by Crippen LogP contribution is -2.11. The molecule has 0 aliphatic carbocycles. The first-order valence-electron chi connectivity index (χ1n) is 6.13. The van der Waals surface area contributed by atoms with Crippen LogP contribution in [0.2, 0.25) is 0 Å². The van der Waals surface area contributed by atoms with Crippen molar-refractivity contribution in [2.24, 2.45) is 4.99 Å². The van der Waals surface area contributed by atoms with Crippen LogP contribution in [-0.2, 0) is 11.3 Å². The van der Waals surface area contributed by atoms with E-state index in [0.717, 1.165) is 22.6 Å². The normalized spacial score (nSPS) is 13.5. The molecule has 0 fully saturated rings. The number of rotatable bonds is 4. The molecule has 1 N–H and O–H groups in total. The van der Waals surface area contributed by atoms with Crippen molar-refractivity contribution in [2.75, 3.05) is 0 Å². The Hall–Kier alpha value is -1.88. The molecule has 100 valence electrons. The largest absolute Gasteiger partial charge is 0.481 e. The smallest absolute Gasteiger partial charge is 0.310 e. The molecule has 1 unspecified atom stereocenters. The van der Waals surface area contributed by atoms with Crippen LogP contribution in [0.15, 0.2) is 40.8 Å². The van der Waals surface area contributed by atoms with Gasteiger partial charge < -0.3 is 9.67 Å². The van der Waals surface area contributed by atoms with Crippen molar-refractivity contribution in [2.45, 2.75) is 26.3 Å². The molecule has 0 aliphatic rings. The highest BCUT2D eigenvalue weighted by atomic mass is 32.1. The van der Waals surface area contributed by atoms with Crippen molar-refractivity contribution in [3.05, 3.63) is 46.2 Å². The van der Waals surface area contributed by atoms with Crippen molar-refractivity contribution in [3.63, 3.8) is 0 Å². The van der Waals surface area contributed by atoms with Gasteiger partial charge in [-0.25, -0.2) is 4.99 Å². The van der Waals surface area contributed by atoms with E-state index in [2.05, 4.69) is 16.5 Å². The lowest BCUT2D eigenvalue weighted by molar-refractivity contribution is -0.138. The molecular weight excluding hydrogens is 260 g/mol. The van der Waals surface area contributed by atoms with Gasteiger partial charge in [0.15, 0.2) is 4.80 Å². The topological polar surface area (TPSA) is 54.6 Å². The summed E-state index contributed by atoms with van der Waals surface area (Å²) in [4.78, 5) is 16.4. The first-order valence-corrected chi connectivity index (χ1v) is 7.01. The van der Waals surface area contributed by atoms with E-state index in [1.54, 1.807) is 18.3 Å². The van der Waals surface area contributed by atoms with E-state index in [0.29, 0.717) is 0 Å². The first-order chi connectivity index (χ1) is 9.11. The number of hydrogen-bond donors (Lipinski definition) is 1. The molecule has 0 bridgehead atoms. The summed E-state index contributed by atoms with van der Waals surface area (Å²) in [7, 11) is 0. The van der Waals surface area contributed by atoms with Crippen LogP contribution in [0.1, 0.15) is 25.3 Å². The number of hydrogen-bond acceptors (Lipinski definition) is 3. The second kappa shape index (κ2) is 5.84. The van der Waals surface area contributed by atoms with Gasteiger partial charge >= 0.3 is 5.97 Å². The number of carboxylic acids is 1. The van der Waals surface area contributed by atoms with E-state index in [1.807, 2.05) is 35.8 Å². The minimum Gasteiger partial charge on any atom is -0.481 e. The Bertz CT molecular complexity index is 625. The Morgan fingerprint density at radius 1 is 1.42 bits per heavy atom. The van der Waals surface area contributed by atoms with Crippen LogP contribution in [0.3, 0.4) is 0 Å². The number of aryl methyl sites for hydroxylation is 1. The molecule has 0 amide bonds. The molecule has 0 saturated carbocycles. The number of nitrogens with zero attached hydrogens (tertiary/aromatic N) is 2. The Labute approximate surface area is 115 Å². The summed E-state index contributed by atoms with van der Waals surface area (Å²) in [6, 6.07) is 7.35. The summed E-state index contributed by atoms with van der Waals surface area (Å²) in [6.45, 7) is 4.64. The standard InChI is InChI=1S/C14H16N2O2S/c1-3-16-8-9-19-14(16)15-12-6-4-11(5-7-12)10(2)13(17)18/h4-10H,3H2,1-2H3,(H,17,18)/b15-14-. The maximum Gasteiger partial charge on any atom is 0.310 e.